The van der Waals surface area contributed by atoms with E-state index in [1.54, 1.807) is 16.9 Å². The topological polar surface area (TPSA) is 144 Å². The molecular formula is C23H17ClFN9O. The Bertz CT molecular complexity index is 1570. The van der Waals surface area contributed by atoms with Crippen molar-refractivity contribution in [2.45, 2.75) is 18.4 Å². The molecule has 0 fully saturated rings. The van der Waals surface area contributed by atoms with Gasteiger partial charge in [-0.05, 0) is 65.2 Å². The molecule has 4 heterocycles. The van der Waals surface area contributed by atoms with E-state index in [9.17, 15) is 9.50 Å². The maximum atomic E-state index is 14.3. The molecule has 0 amide bonds. The molecule has 1 aromatic carbocycles. The number of H-pyrrole nitrogens is 1. The van der Waals surface area contributed by atoms with Gasteiger partial charge in [0.25, 0.3) is 0 Å². The van der Waals surface area contributed by atoms with Crippen LogP contribution in [-0.2, 0) is 12.0 Å². The van der Waals surface area contributed by atoms with Gasteiger partial charge in [-0.3, -0.25) is 4.98 Å². The summed E-state index contributed by atoms with van der Waals surface area (Å²) < 4.78 is 15.8. The van der Waals surface area contributed by atoms with Crippen molar-refractivity contribution in [2.75, 3.05) is 5.73 Å². The summed E-state index contributed by atoms with van der Waals surface area (Å²) >= 11 is 6.27. The fourth-order valence-corrected chi connectivity index (χ4v) is 4.59. The van der Waals surface area contributed by atoms with Crippen molar-refractivity contribution in [1.29, 1.82) is 0 Å². The summed E-state index contributed by atoms with van der Waals surface area (Å²) in [4.78, 5) is 15.6. The third-order valence-corrected chi connectivity index (χ3v) is 6.34. The van der Waals surface area contributed by atoms with Crippen LogP contribution in [0.25, 0.3) is 28.1 Å². The molecular weight excluding hydrogens is 473 g/mol. The summed E-state index contributed by atoms with van der Waals surface area (Å²) in [5, 5.41) is 23.5. The maximum Gasteiger partial charge on any atom is 0.224 e. The van der Waals surface area contributed by atoms with Gasteiger partial charge in [-0.25, -0.2) is 9.97 Å². The highest BCUT2D eigenvalue weighted by atomic mass is 35.5. The van der Waals surface area contributed by atoms with E-state index >= 15 is 0 Å². The Morgan fingerprint density at radius 2 is 2.00 bits per heavy atom. The zero-order chi connectivity index (χ0) is 24.2. The molecule has 12 heteroatoms. The maximum absolute atomic E-state index is 14.3. The Morgan fingerprint density at radius 3 is 2.80 bits per heavy atom. The number of aromatic nitrogens is 8. The average Bonchev–Trinajstić information content (AvgIpc) is 3.60. The smallest absolute Gasteiger partial charge is 0.224 e. The lowest BCUT2D eigenvalue weighted by Gasteiger charge is -2.20. The molecule has 0 aliphatic heterocycles. The summed E-state index contributed by atoms with van der Waals surface area (Å²) in [5.74, 6) is -0.362. The van der Waals surface area contributed by atoms with Gasteiger partial charge in [0.1, 0.15) is 18.0 Å². The number of hydrogen-bond donors (Lipinski definition) is 3. The number of imidazole rings is 1. The van der Waals surface area contributed by atoms with Crippen LogP contribution >= 0.6 is 11.6 Å². The molecule has 0 saturated carbocycles. The summed E-state index contributed by atoms with van der Waals surface area (Å²) in [6.45, 7) is 0. The molecule has 1 atom stereocenters. The van der Waals surface area contributed by atoms with Crippen molar-refractivity contribution in [1.82, 2.24) is 40.1 Å². The lowest BCUT2D eigenvalue weighted by Crippen LogP contribution is -2.26. The summed E-state index contributed by atoms with van der Waals surface area (Å²) in [6, 6.07) is 10.4. The molecule has 35 heavy (non-hydrogen) atoms. The third kappa shape index (κ3) is 3.52. The number of halogens is 2. The van der Waals surface area contributed by atoms with Crippen molar-refractivity contribution in [3.05, 3.63) is 83.2 Å². The van der Waals surface area contributed by atoms with E-state index in [2.05, 4.69) is 35.5 Å². The molecule has 5 aromatic rings. The molecule has 6 rings (SSSR count). The van der Waals surface area contributed by atoms with Crippen LogP contribution in [0, 0.1) is 5.95 Å². The Hall–Kier alpha value is -4.22. The van der Waals surface area contributed by atoms with Crippen LogP contribution in [0.3, 0.4) is 0 Å². The van der Waals surface area contributed by atoms with E-state index in [1.165, 1.54) is 24.7 Å². The van der Waals surface area contributed by atoms with Crippen molar-refractivity contribution >= 4 is 17.4 Å². The van der Waals surface area contributed by atoms with Crippen LogP contribution in [-0.4, -0.2) is 45.2 Å². The van der Waals surface area contributed by atoms with Crippen molar-refractivity contribution < 1.29 is 9.50 Å². The second-order valence-electron chi connectivity index (χ2n) is 8.23. The second-order valence-corrected chi connectivity index (χ2v) is 8.66. The summed E-state index contributed by atoms with van der Waals surface area (Å²) in [6.07, 6.45) is 5.56. The van der Waals surface area contributed by atoms with Gasteiger partial charge in [0.2, 0.25) is 5.95 Å². The first-order valence-electron chi connectivity index (χ1n) is 10.7. The summed E-state index contributed by atoms with van der Waals surface area (Å²) in [7, 11) is 0. The number of nitrogen functional groups attached to an aromatic ring is 1. The van der Waals surface area contributed by atoms with E-state index < -0.39 is 11.5 Å². The number of nitrogens with two attached hydrogens (primary N) is 1. The monoisotopic (exact) mass is 489 g/mol. The number of benzene rings is 1. The normalized spacial score (nSPS) is 17.0. The van der Waals surface area contributed by atoms with Crippen molar-refractivity contribution in [2.24, 2.45) is 0 Å². The SMILES string of the molecule is Nc1ccc(-c2cnc(C3(O)CCc4cc(-c5cc(Cl)ccc5-n5cnnn5)cnc43)[nH]2)c(F)n1. The zero-order valence-corrected chi connectivity index (χ0v) is 18.8. The van der Waals surface area contributed by atoms with Gasteiger partial charge in [0, 0.05) is 22.3 Å². The van der Waals surface area contributed by atoms with Crippen LogP contribution in [0.2, 0.25) is 5.02 Å². The number of rotatable bonds is 4. The van der Waals surface area contributed by atoms with Gasteiger partial charge in [0.05, 0.1) is 28.8 Å². The minimum absolute atomic E-state index is 0.0808. The van der Waals surface area contributed by atoms with E-state index in [1.807, 2.05) is 18.2 Å². The van der Waals surface area contributed by atoms with Crippen LogP contribution in [0.5, 0.6) is 0 Å². The fourth-order valence-electron chi connectivity index (χ4n) is 4.41. The first-order valence-corrected chi connectivity index (χ1v) is 11.0. The molecule has 0 bridgehead atoms. The number of anilines is 1. The Labute approximate surface area is 202 Å². The van der Waals surface area contributed by atoms with Gasteiger partial charge >= 0.3 is 0 Å². The predicted molar refractivity (Wildman–Crippen MR) is 125 cm³/mol. The predicted octanol–water partition coefficient (Wildman–Crippen LogP) is 3.07. The number of nitrogens with zero attached hydrogens (tertiary/aromatic N) is 7. The Balaban J connectivity index is 1.38. The number of pyridine rings is 2. The van der Waals surface area contributed by atoms with Crippen LogP contribution in [0.15, 0.2) is 55.1 Å². The van der Waals surface area contributed by atoms with E-state index in [0.29, 0.717) is 29.3 Å². The number of hydrogen-bond acceptors (Lipinski definition) is 8. The van der Waals surface area contributed by atoms with Gasteiger partial charge in [-0.1, -0.05) is 11.6 Å². The lowest BCUT2D eigenvalue weighted by molar-refractivity contribution is 0.0701. The molecule has 1 unspecified atom stereocenters. The average molecular weight is 490 g/mol. The molecule has 0 saturated heterocycles. The molecule has 10 nitrogen and oxygen atoms in total. The quantitative estimate of drug-likeness (QED) is 0.327. The Morgan fingerprint density at radius 1 is 1.11 bits per heavy atom. The van der Waals surface area contributed by atoms with E-state index in [-0.39, 0.29) is 17.2 Å². The second kappa shape index (κ2) is 7.93. The molecule has 4 N–H and O–H groups in total. The molecule has 174 valence electrons. The van der Waals surface area contributed by atoms with Gasteiger partial charge in [0.15, 0.2) is 5.60 Å². The largest absolute Gasteiger partial charge is 0.384 e. The minimum Gasteiger partial charge on any atom is -0.384 e. The van der Waals surface area contributed by atoms with Crippen molar-refractivity contribution in [3.63, 3.8) is 0 Å². The Kier molecular flexibility index (Phi) is 4.83. The fraction of sp³-hybridized carbons (Fsp3) is 0.130. The van der Waals surface area contributed by atoms with Gasteiger partial charge in [-0.15, -0.1) is 5.10 Å². The first kappa shape index (κ1) is 21.3. The number of aliphatic hydroxyl groups is 1. The summed E-state index contributed by atoms with van der Waals surface area (Å²) in [5.41, 5.74) is 8.38. The highest BCUT2D eigenvalue weighted by Crippen LogP contribution is 2.42. The van der Waals surface area contributed by atoms with Gasteiger partial charge in [-0.2, -0.15) is 9.07 Å². The zero-order valence-electron chi connectivity index (χ0n) is 18.0. The number of aryl methyl sites for hydroxylation is 1. The number of nitrogens with one attached hydrogen (secondary N) is 1. The highest BCUT2D eigenvalue weighted by Gasteiger charge is 2.42. The number of tetrazole rings is 1. The van der Waals surface area contributed by atoms with Crippen LogP contribution in [0.1, 0.15) is 23.5 Å². The third-order valence-electron chi connectivity index (χ3n) is 6.11. The molecule has 4 aromatic heterocycles. The molecule has 1 aliphatic rings. The number of aromatic amines is 1. The molecule has 1 aliphatic carbocycles. The van der Waals surface area contributed by atoms with Crippen molar-refractivity contribution in [3.8, 4) is 28.1 Å². The standard InChI is InChI=1S/C23H17ClFN9O/c24-14-1-3-18(34-11-29-32-33-34)16(8-14)13-7-12-5-6-23(35,20(12)27-9-13)22-28-10-17(30-22)15-2-4-19(26)31-21(15)25/h1-4,7-11,35H,5-6H2,(H2,26,31)(H,28,30). The molecule has 0 spiro atoms. The van der Waals surface area contributed by atoms with Crippen LogP contribution in [0.4, 0.5) is 10.2 Å². The first-order chi connectivity index (χ1) is 16.9. The van der Waals surface area contributed by atoms with Crippen LogP contribution < -0.4 is 5.73 Å². The van der Waals surface area contributed by atoms with Gasteiger partial charge < -0.3 is 15.8 Å². The molecule has 0 radical (unpaired) electrons. The van der Waals surface area contributed by atoms with E-state index in [0.717, 1.165) is 22.4 Å². The number of fused-ring (bicyclic) bond motifs is 1. The minimum atomic E-state index is -1.45. The van der Waals surface area contributed by atoms with E-state index in [4.69, 9.17) is 17.3 Å². The lowest BCUT2D eigenvalue weighted by atomic mass is 9.98. The highest BCUT2D eigenvalue weighted by molar-refractivity contribution is 6.31.